The molecule has 0 spiro atoms. The highest BCUT2D eigenvalue weighted by molar-refractivity contribution is 5.09. The topological polar surface area (TPSA) is 22.3 Å². The molecule has 0 bridgehead atoms. The van der Waals surface area contributed by atoms with Crippen LogP contribution in [0.3, 0.4) is 0 Å². The van der Waals surface area contributed by atoms with Crippen LogP contribution in [0.1, 0.15) is 64.2 Å². The van der Waals surface area contributed by atoms with Gasteiger partial charge in [-0.1, -0.05) is 39.0 Å². The second-order valence-corrected chi connectivity index (χ2v) is 6.03. The first kappa shape index (κ1) is 16.4. The standard InChI is InChI=1S/C18H30NO2/c1-3-5-6-7-8-9-16-14-20-18(21-15-16)17-10-12-19(4-2)13-11-17/h10-13,16,18H,3-9,14-15H2,1-2H3/q+1. The lowest BCUT2D eigenvalue weighted by atomic mass is 10.0. The van der Waals surface area contributed by atoms with E-state index in [0.717, 1.165) is 25.3 Å². The lowest BCUT2D eigenvalue weighted by molar-refractivity contribution is -0.693. The molecule has 0 radical (unpaired) electrons. The number of rotatable bonds is 8. The molecule has 1 aliphatic rings. The number of unbranched alkanes of at least 4 members (excludes halogenated alkanes) is 4. The van der Waals surface area contributed by atoms with E-state index in [0.29, 0.717) is 5.92 Å². The van der Waals surface area contributed by atoms with Crippen molar-refractivity contribution >= 4 is 0 Å². The van der Waals surface area contributed by atoms with Crippen LogP contribution in [-0.2, 0) is 16.0 Å². The molecule has 1 aliphatic heterocycles. The molecule has 0 unspecified atom stereocenters. The van der Waals surface area contributed by atoms with E-state index in [9.17, 15) is 0 Å². The lowest BCUT2D eigenvalue weighted by Gasteiger charge is -2.29. The molecule has 3 nitrogen and oxygen atoms in total. The maximum absolute atomic E-state index is 5.90. The van der Waals surface area contributed by atoms with Gasteiger partial charge in [0.1, 0.15) is 6.54 Å². The third kappa shape index (κ3) is 5.40. The van der Waals surface area contributed by atoms with Crippen LogP contribution in [0.15, 0.2) is 24.5 Å². The summed E-state index contributed by atoms with van der Waals surface area (Å²) in [5, 5.41) is 0. The first-order chi connectivity index (χ1) is 10.3. The van der Waals surface area contributed by atoms with E-state index in [-0.39, 0.29) is 6.29 Å². The number of ether oxygens (including phenoxy) is 2. The van der Waals surface area contributed by atoms with Crippen molar-refractivity contribution < 1.29 is 14.0 Å². The van der Waals surface area contributed by atoms with Crippen LogP contribution >= 0.6 is 0 Å². The van der Waals surface area contributed by atoms with Crippen LogP contribution in [0.4, 0.5) is 0 Å². The molecular weight excluding hydrogens is 262 g/mol. The maximum Gasteiger partial charge on any atom is 0.184 e. The zero-order valence-electron chi connectivity index (χ0n) is 13.6. The van der Waals surface area contributed by atoms with E-state index >= 15 is 0 Å². The van der Waals surface area contributed by atoms with Gasteiger partial charge in [-0.15, -0.1) is 0 Å². The number of hydrogen-bond acceptors (Lipinski definition) is 2. The molecule has 1 aromatic heterocycles. The minimum atomic E-state index is -0.173. The van der Waals surface area contributed by atoms with Crippen molar-refractivity contribution in [3.05, 3.63) is 30.1 Å². The Morgan fingerprint density at radius 3 is 2.29 bits per heavy atom. The molecular formula is C18H30NO2+. The van der Waals surface area contributed by atoms with Crippen molar-refractivity contribution in [1.82, 2.24) is 0 Å². The SMILES string of the molecule is CCCCCCCC1COC(c2cc[n+](CC)cc2)OC1. The Bertz CT molecular complexity index is 383. The van der Waals surface area contributed by atoms with Crippen molar-refractivity contribution in [1.29, 1.82) is 0 Å². The molecule has 3 heteroatoms. The highest BCUT2D eigenvalue weighted by atomic mass is 16.7. The normalized spacial score (nSPS) is 22.4. The zero-order chi connectivity index (χ0) is 14.9. The number of pyridine rings is 1. The molecule has 118 valence electrons. The van der Waals surface area contributed by atoms with Crippen molar-refractivity contribution in [2.45, 2.75) is 65.2 Å². The van der Waals surface area contributed by atoms with Crippen LogP contribution in [-0.4, -0.2) is 13.2 Å². The van der Waals surface area contributed by atoms with Crippen LogP contribution in [0.2, 0.25) is 0 Å². The number of hydrogen-bond donors (Lipinski definition) is 0. The van der Waals surface area contributed by atoms with Gasteiger partial charge in [0.05, 0.1) is 13.2 Å². The zero-order valence-corrected chi connectivity index (χ0v) is 13.6. The van der Waals surface area contributed by atoms with Gasteiger partial charge in [0, 0.05) is 23.6 Å². The monoisotopic (exact) mass is 292 g/mol. The molecule has 0 aliphatic carbocycles. The van der Waals surface area contributed by atoms with E-state index in [1.165, 1.54) is 38.5 Å². The molecule has 1 aromatic rings. The first-order valence-corrected chi connectivity index (χ1v) is 8.55. The van der Waals surface area contributed by atoms with Gasteiger partial charge in [-0.2, -0.15) is 0 Å². The predicted octanol–water partition coefficient (Wildman–Crippen LogP) is 4.02. The van der Waals surface area contributed by atoms with Gasteiger partial charge in [-0.05, 0) is 13.3 Å². The number of nitrogens with zero attached hydrogens (tertiary/aromatic N) is 1. The molecule has 0 amide bonds. The fraction of sp³-hybridized carbons (Fsp3) is 0.722. The van der Waals surface area contributed by atoms with Crippen LogP contribution in [0.25, 0.3) is 0 Å². The van der Waals surface area contributed by atoms with E-state index in [1.54, 1.807) is 0 Å². The molecule has 0 aromatic carbocycles. The van der Waals surface area contributed by atoms with Gasteiger partial charge >= 0.3 is 0 Å². The van der Waals surface area contributed by atoms with Crippen molar-refractivity contribution in [3.63, 3.8) is 0 Å². The van der Waals surface area contributed by atoms with Gasteiger partial charge in [-0.25, -0.2) is 4.57 Å². The summed E-state index contributed by atoms with van der Waals surface area (Å²) in [7, 11) is 0. The van der Waals surface area contributed by atoms with Gasteiger partial charge in [0.2, 0.25) is 0 Å². The van der Waals surface area contributed by atoms with Crippen LogP contribution in [0, 0.1) is 5.92 Å². The van der Waals surface area contributed by atoms with Gasteiger partial charge in [0.25, 0.3) is 0 Å². The maximum atomic E-state index is 5.90. The van der Waals surface area contributed by atoms with Crippen molar-refractivity contribution in [2.24, 2.45) is 5.92 Å². The first-order valence-electron chi connectivity index (χ1n) is 8.55. The summed E-state index contributed by atoms with van der Waals surface area (Å²) in [5.41, 5.74) is 1.13. The number of aromatic nitrogens is 1. The minimum absolute atomic E-state index is 0.173. The summed E-state index contributed by atoms with van der Waals surface area (Å²) in [6, 6.07) is 4.19. The Morgan fingerprint density at radius 2 is 1.67 bits per heavy atom. The Balaban J connectivity index is 1.67. The Kier molecular flexibility index (Phi) is 7.17. The lowest BCUT2D eigenvalue weighted by Crippen LogP contribution is -2.32. The molecule has 21 heavy (non-hydrogen) atoms. The van der Waals surface area contributed by atoms with E-state index in [2.05, 4.69) is 42.9 Å². The molecule has 0 saturated carbocycles. The Morgan fingerprint density at radius 1 is 1.00 bits per heavy atom. The van der Waals surface area contributed by atoms with E-state index in [4.69, 9.17) is 9.47 Å². The van der Waals surface area contributed by atoms with Gasteiger partial charge < -0.3 is 9.47 Å². The third-order valence-corrected chi connectivity index (χ3v) is 4.24. The molecule has 1 saturated heterocycles. The third-order valence-electron chi connectivity index (χ3n) is 4.24. The second-order valence-electron chi connectivity index (χ2n) is 6.03. The minimum Gasteiger partial charge on any atom is -0.348 e. The summed E-state index contributed by atoms with van der Waals surface area (Å²) in [6.07, 6.45) is 11.9. The second kappa shape index (κ2) is 9.16. The van der Waals surface area contributed by atoms with Crippen LogP contribution < -0.4 is 4.57 Å². The summed E-state index contributed by atoms with van der Waals surface area (Å²) < 4.78 is 13.9. The highest BCUT2D eigenvalue weighted by Crippen LogP contribution is 2.26. The number of aryl methyl sites for hydroxylation is 1. The summed E-state index contributed by atoms with van der Waals surface area (Å²) in [6.45, 7) is 7.06. The highest BCUT2D eigenvalue weighted by Gasteiger charge is 2.23. The summed E-state index contributed by atoms with van der Waals surface area (Å²) in [5.74, 6) is 0.576. The molecule has 2 rings (SSSR count). The predicted molar refractivity (Wildman–Crippen MR) is 83.8 cm³/mol. The largest absolute Gasteiger partial charge is 0.348 e. The molecule has 1 fully saturated rings. The fourth-order valence-corrected chi connectivity index (χ4v) is 2.78. The van der Waals surface area contributed by atoms with E-state index in [1.807, 2.05) is 0 Å². The van der Waals surface area contributed by atoms with Gasteiger partial charge in [-0.3, -0.25) is 0 Å². The van der Waals surface area contributed by atoms with Crippen molar-refractivity contribution in [3.8, 4) is 0 Å². The van der Waals surface area contributed by atoms with Crippen LogP contribution in [0.5, 0.6) is 0 Å². The average molecular weight is 292 g/mol. The summed E-state index contributed by atoms with van der Waals surface area (Å²) >= 11 is 0. The fourth-order valence-electron chi connectivity index (χ4n) is 2.78. The summed E-state index contributed by atoms with van der Waals surface area (Å²) in [4.78, 5) is 0. The quantitative estimate of drug-likeness (QED) is 0.533. The van der Waals surface area contributed by atoms with Gasteiger partial charge in [0.15, 0.2) is 18.7 Å². The molecule has 2 heterocycles. The Labute approximate surface area is 129 Å². The van der Waals surface area contributed by atoms with E-state index < -0.39 is 0 Å². The van der Waals surface area contributed by atoms with Crippen molar-refractivity contribution in [2.75, 3.05) is 13.2 Å². The molecule has 0 N–H and O–H groups in total. The molecule has 0 atom stereocenters. The average Bonchev–Trinajstić information content (AvgIpc) is 2.55. The smallest absolute Gasteiger partial charge is 0.184 e. The Hall–Kier alpha value is -0.930.